The molecule has 1 N–H and O–H groups in total. The lowest BCUT2D eigenvalue weighted by Gasteiger charge is -2.32. The molecule has 0 aromatic heterocycles. The SMILES string of the molecule is O=C(NCC(F)(F)F)[C@@H]1CCCN(C(=O)Cc2ccccc2)C1. The van der Waals surface area contributed by atoms with E-state index in [-0.39, 0.29) is 18.9 Å². The maximum absolute atomic E-state index is 12.3. The lowest BCUT2D eigenvalue weighted by molar-refractivity contribution is -0.143. The van der Waals surface area contributed by atoms with Crippen molar-refractivity contribution in [2.24, 2.45) is 5.92 Å². The molecule has 1 heterocycles. The number of carbonyl (C=O) groups excluding carboxylic acids is 2. The number of hydrogen-bond acceptors (Lipinski definition) is 2. The highest BCUT2D eigenvalue weighted by Crippen LogP contribution is 2.19. The van der Waals surface area contributed by atoms with E-state index in [1.54, 1.807) is 4.90 Å². The normalized spacial score (nSPS) is 18.6. The topological polar surface area (TPSA) is 49.4 Å². The third kappa shape index (κ3) is 5.58. The molecule has 7 heteroatoms. The molecule has 2 amide bonds. The molecule has 0 spiro atoms. The zero-order valence-electron chi connectivity index (χ0n) is 12.6. The number of halogens is 3. The molecular formula is C16H19F3N2O2. The minimum absolute atomic E-state index is 0.107. The van der Waals surface area contributed by atoms with E-state index in [1.807, 2.05) is 35.6 Å². The lowest BCUT2D eigenvalue weighted by Crippen LogP contribution is -2.47. The highest BCUT2D eigenvalue weighted by molar-refractivity contribution is 5.82. The zero-order chi connectivity index (χ0) is 16.9. The Bertz CT molecular complexity index is 546. The first-order chi connectivity index (χ1) is 10.8. The van der Waals surface area contributed by atoms with Crippen molar-refractivity contribution in [1.82, 2.24) is 10.2 Å². The number of amides is 2. The number of hydrogen-bond donors (Lipinski definition) is 1. The van der Waals surface area contributed by atoms with E-state index < -0.39 is 24.5 Å². The van der Waals surface area contributed by atoms with Crippen LogP contribution in [0.15, 0.2) is 30.3 Å². The van der Waals surface area contributed by atoms with Crippen LogP contribution >= 0.6 is 0 Å². The fourth-order valence-electron chi connectivity index (χ4n) is 2.63. The summed E-state index contributed by atoms with van der Waals surface area (Å²) in [6.45, 7) is -0.621. The summed E-state index contributed by atoms with van der Waals surface area (Å²) in [5.41, 5.74) is 0.876. The molecule has 0 radical (unpaired) electrons. The number of rotatable bonds is 4. The number of piperidine rings is 1. The summed E-state index contributed by atoms with van der Waals surface area (Å²) >= 11 is 0. The van der Waals surface area contributed by atoms with Gasteiger partial charge in [0, 0.05) is 13.1 Å². The fourth-order valence-corrected chi connectivity index (χ4v) is 2.63. The summed E-state index contributed by atoms with van der Waals surface area (Å²) in [4.78, 5) is 25.7. The van der Waals surface area contributed by atoms with Gasteiger partial charge < -0.3 is 10.2 Å². The van der Waals surface area contributed by atoms with Gasteiger partial charge in [-0.05, 0) is 18.4 Å². The van der Waals surface area contributed by atoms with Gasteiger partial charge in [-0.15, -0.1) is 0 Å². The van der Waals surface area contributed by atoms with Gasteiger partial charge in [0.15, 0.2) is 0 Å². The van der Waals surface area contributed by atoms with Crippen molar-refractivity contribution < 1.29 is 22.8 Å². The third-order valence-corrected chi connectivity index (χ3v) is 3.81. The Balaban J connectivity index is 1.87. The number of likely N-dealkylation sites (tertiary alicyclic amines) is 1. The van der Waals surface area contributed by atoms with E-state index in [9.17, 15) is 22.8 Å². The summed E-state index contributed by atoms with van der Waals surface area (Å²) in [7, 11) is 0. The first-order valence-corrected chi connectivity index (χ1v) is 7.51. The van der Waals surface area contributed by atoms with Crippen molar-refractivity contribution in [2.75, 3.05) is 19.6 Å². The van der Waals surface area contributed by atoms with E-state index in [0.29, 0.717) is 19.4 Å². The molecule has 1 aromatic carbocycles. The van der Waals surface area contributed by atoms with Crippen LogP contribution in [-0.4, -0.2) is 42.5 Å². The summed E-state index contributed by atoms with van der Waals surface area (Å²) in [5, 5.41) is 1.90. The Hall–Kier alpha value is -2.05. The average Bonchev–Trinajstić information content (AvgIpc) is 2.53. The van der Waals surface area contributed by atoms with Gasteiger partial charge in [-0.1, -0.05) is 30.3 Å². The molecule has 126 valence electrons. The molecule has 23 heavy (non-hydrogen) atoms. The van der Waals surface area contributed by atoms with E-state index in [2.05, 4.69) is 0 Å². The number of carbonyl (C=O) groups is 2. The molecule has 1 saturated heterocycles. The van der Waals surface area contributed by atoms with Gasteiger partial charge >= 0.3 is 6.18 Å². The molecule has 1 aliphatic heterocycles. The Kier molecular flexibility index (Phi) is 5.63. The number of alkyl halides is 3. The van der Waals surface area contributed by atoms with Crippen LogP contribution in [0.3, 0.4) is 0 Å². The molecule has 0 bridgehead atoms. The van der Waals surface area contributed by atoms with Gasteiger partial charge in [0.25, 0.3) is 0 Å². The highest BCUT2D eigenvalue weighted by Gasteiger charge is 2.32. The summed E-state index contributed by atoms with van der Waals surface area (Å²) < 4.78 is 36.5. The van der Waals surface area contributed by atoms with Crippen LogP contribution < -0.4 is 5.32 Å². The molecule has 2 rings (SSSR count). The van der Waals surface area contributed by atoms with Gasteiger partial charge in [0.05, 0.1) is 12.3 Å². The largest absolute Gasteiger partial charge is 0.405 e. The fraction of sp³-hybridized carbons (Fsp3) is 0.500. The molecule has 4 nitrogen and oxygen atoms in total. The second-order valence-corrected chi connectivity index (χ2v) is 5.67. The second kappa shape index (κ2) is 7.48. The maximum Gasteiger partial charge on any atom is 0.405 e. The van der Waals surface area contributed by atoms with Crippen LogP contribution in [0.2, 0.25) is 0 Å². The van der Waals surface area contributed by atoms with Gasteiger partial charge in [0.1, 0.15) is 6.54 Å². The minimum atomic E-state index is -4.42. The Labute approximate surface area is 132 Å². The van der Waals surface area contributed by atoms with Gasteiger partial charge in [-0.25, -0.2) is 0 Å². The molecule has 1 aliphatic rings. The van der Waals surface area contributed by atoms with Gasteiger partial charge in [0.2, 0.25) is 11.8 Å². The van der Waals surface area contributed by atoms with E-state index in [0.717, 1.165) is 5.56 Å². The monoisotopic (exact) mass is 328 g/mol. The zero-order valence-corrected chi connectivity index (χ0v) is 12.6. The lowest BCUT2D eigenvalue weighted by atomic mass is 9.96. The van der Waals surface area contributed by atoms with Crippen LogP contribution in [0, 0.1) is 5.92 Å². The average molecular weight is 328 g/mol. The number of nitrogens with one attached hydrogen (secondary N) is 1. The molecule has 1 atom stereocenters. The van der Waals surface area contributed by atoms with Crippen LogP contribution in [0.25, 0.3) is 0 Å². The van der Waals surface area contributed by atoms with Crippen molar-refractivity contribution in [3.8, 4) is 0 Å². The Morgan fingerprint density at radius 2 is 1.91 bits per heavy atom. The Morgan fingerprint density at radius 3 is 2.57 bits per heavy atom. The number of benzene rings is 1. The minimum Gasteiger partial charge on any atom is -0.347 e. The standard InChI is InChI=1S/C16H19F3N2O2/c17-16(18,19)11-20-15(23)13-7-4-8-21(10-13)14(22)9-12-5-2-1-3-6-12/h1-3,5-6,13H,4,7-11H2,(H,20,23)/t13-/m1/s1. The quantitative estimate of drug-likeness (QED) is 0.921. The van der Waals surface area contributed by atoms with Crippen molar-refractivity contribution in [2.45, 2.75) is 25.4 Å². The summed E-state index contributed by atoms with van der Waals surface area (Å²) in [6, 6.07) is 9.22. The van der Waals surface area contributed by atoms with Crippen LogP contribution in [0.1, 0.15) is 18.4 Å². The van der Waals surface area contributed by atoms with E-state index >= 15 is 0 Å². The van der Waals surface area contributed by atoms with Gasteiger partial charge in [-0.3, -0.25) is 9.59 Å². The Morgan fingerprint density at radius 1 is 1.22 bits per heavy atom. The van der Waals surface area contributed by atoms with E-state index in [1.165, 1.54) is 0 Å². The van der Waals surface area contributed by atoms with Crippen molar-refractivity contribution in [1.29, 1.82) is 0 Å². The predicted octanol–water partition coefficient (Wildman–Crippen LogP) is 2.15. The highest BCUT2D eigenvalue weighted by atomic mass is 19.4. The molecular weight excluding hydrogens is 309 g/mol. The molecule has 0 saturated carbocycles. The predicted molar refractivity (Wildman–Crippen MR) is 78.5 cm³/mol. The third-order valence-electron chi connectivity index (χ3n) is 3.81. The van der Waals surface area contributed by atoms with Crippen LogP contribution in [0.4, 0.5) is 13.2 Å². The van der Waals surface area contributed by atoms with Crippen LogP contribution in [-0.2, 0) is 16.0 Å². The molecule has 0 unspecified atom stereocenters. The smallest absolute Gasteiger partial charge is 0.347 e. The molecule has 1 fully saturated rings. The van der Waals surface area contributed by atoms with Crippen LogP contribution in [0.5, 0.6) is 0 Å². The van der Waals surface area contributed by atoms with Gasteiger partial charge in [-0.2, -0.15) is 13.2 Å². The maximum atomic E-state index is 12.3. The second-order valence-electron chi connectivity index (χ2n) is 5.67. The van der Waals surface area contributed by atoms with Crippen molar-refractivity contribution >= 4 is 11.8 Å². The molecule has 1 aromatic rings. The van der Waals surface area contributed by atoms with Crippen molar-refractivity contribution in [3.05, 3.63) is 35.9 Å². The molecule has 0 aliphatic carbocycles. The summed E-state index contributed by atoms with van der Waals surface area (Å²) in [6.07, 6.45) is -3.08. The van der Waals surface area contributed by atoms with E-state index in [4.69, 9.17) is 0 Å². The number of nitrogens with zero attached hydrogens (tertiary/aromatic N) is 1. The first kappa shape index (κ1) is 17.3. The van der Waals surface area contributed by atoms with Crippen molar-refractivity contribution in [3.63, 3.8) is 0 Å². The summed E-state index contributed by atoms with van der Waals surface area (Å²) in [5.74, 6) is -1.32. The first-order valence-electron chi connectivity index (χ1n) is 7.51.